The number of hydrogen-bond acceptors (Lipinski definition) is 4. The van der Waals surface area contributed by atoms with Gasteiger partial charge in [0.05, 0.1) is 6.20 Å². The van der Waals surface area contributed by atoms with E-state index in [1.54, 1.807) is 42.6 Å². The predicted molar refractivity (Wildman–Crippen MR) is 102 cm³/mol. The molecule has 7 heteroatoms. The summed E-state index contributed by atoms with van der Waals surface area (Å²) in [5, 5.41) is 8.45. The maximum absolute atomic E-state index is 12.4. The summed E-state index contributed by atoms with van der Waals surface area (Å²) in [5.41, 5.74) is 2.54. The van der Waals surface area contributed by atoms with Crippen molar-refractivity contribution in [1.29, 1.82) is 0 Å². The van der Waals surface area contributed by atoms with Gasteiger partial charge in [-0.25, -0.2) is 9.78 Å². The molecular weight excluding hydrogens is 344 g/mol. The highest BCUT2D eigenvalue weighted by Crippen LogP contribution is 2.22. The van der Waals surface area contributed by atoms with E-state index >= 15 is 0 Å². The second kappa shape index (κ2) is 7.33. The van der Waals surface area contributed by atoms with Gasteiger partial charge in [0.25, 0.3) is 5.91 Å². The molecule has 0 bridgehead atoms. The normalized spacial score (nSPS) is 13.0. The van der Waals surface area contributed by atoms with Crippen molar-refractivity contribution >= 4 is 23.3 Å². The quantitative estimate of drug-likeness (QED) is 0.642. The first-order valence-corrected chi connectivity index (χ1v) is 8.66. The van der Waals surface area contributed by atoms with Crippen LogP contribution in [0.3, 0.4) is 0 Å². The van der Waals surface area contributed by atoms with Gasteiger partial charge in [-0.1, -0.05) is 6.07 Å². The van der Waals surface area contributed by atoms with Gasteiger partial charge in [0, 0.05) is 28.5 Å². The van der Waals surface area contributed by atoms with Gasteiger partial charge in [-0.05, 0) is 55.3 Å². The highest BCUT2D eigenvalue weighted by atomic mass is 16.3. The zero-order chi connectivity index (χ0) is 18.6. The van der Waals surface area contributed by atoms with Gasteiger partial charge in [0.15, 0.2) is 0 Å². The minimum Gasteiger partial charge on any atom is -0.445 e. The number of rotatable bonds is 5. The average Bonchev–Trinajstić information content (AvgIpc) is 3.31. The van der Waals surface area contributed by atoms with Crippen LogP contribution >= 0.6 is 0 Å². The van der Waals surface area contributed by atoms with Crippen molar-refractivity contribution in [2.45, 2.75) is 18.9 Å². The summed E-state index contributed by atoms with van der Waals surface area (Å²) >= 11 is 0. The maximum atomic E-state index is 12.4. The molecule has 1 aliphatic carbocycles. The number of urea groups is 1. The summed E-state index contributed by atoms with van der Waals surface area (Å²) in [6.07, 6.45) is 5.13. The molecule has 1 aromatic heterocycles. The van der Waals surface area contributed by atoms with Crippen LogP contribution in [0.5, 0.6) is 0 Å². The number of benzene rings is 2. The molecule has 0 radical (unpaired) electrons. The number of carbonyl (C=O) groups is 2. The van der Waals surface area contributed by atoms with Gasteiger partial charge >= 0.3 is 6.03 Å². The Morgan fingerprint density at radius 1 is 1.00 bits per heavy atom. The van der Waals surface area contributed by atoms with E-state index in [0.29, 0.717) is 28.9 Å². The van der Waals surface area contributed by atoms with Crippen molar-refractivity contribution in [2.75, 3.05) is 10.6 Å². The van der Waals surface area contributed by atoms with E-state index in [0.717, 1.165) is 18.4 Å². The molecule has 2 aromatic carbocycles. The molecule has 0 saturated heterocycles. The van der Waals surface area contributed by atoms with Crippen LogP contribution in [0.2, 0.25) is 0 Å². The lowest BCUT2D eigenvalue weighted by Crippen LogP contribution is -2.30. The Morgan fingerprint density at radius 3 is 2.52 bits per heavy atom. The first-order chi connectivity index (χ1) is 13.2. The highest BCUT2D eigenvalue weighted by molar-refractivity contribution is 6.04. The molecule has 7 nitrogen and oxygen atoms in total. The predicted octanol–water partition coefficient (Wildman–Crippen LogP) is 3.88. The topological polar surface area (TPSA) is 96.3 Å². The Balaban J connectivity index is 1.39. The van der Waals surface area contributed by atoms with E-state index in [1.165, 1.54) is 6.26 Å². The molecule has 1 heterocycles. The lowest BCUT2D eigenvalue weighted by atomic mass is 10.1. The third-order valence-electron chi connectivity index (χ3n) is 4.12. The molecule has 1 aliphatic rings. The third kappa shape index (κ3) is 4.33. The van der Waals surface area contributed by atoms with Crippen molar-refractivity contribution in [2.24, 2.45) is 0 Å². The van der Waals surface area contributed by atoms with Crippen molar-refractivity contribution in [1.82, 2.24) is 10.3 Å². The fourth-order valence-corrected chi connectivity index (χ4v) is 2.58. The summed E-state index contributed by atoms with van der Waals surface area (Å²) in [6, 6.07) is 14.1. The number of nitrogens with zero attached hydrogens (tertiary/aromatic N) is 1. The van der Waals surface area contributed by atoms with Crippen molar-refractivity contribution in [3.63, 3.8) is 0 Å². The fourth-order valence-electron chi connectivity index (χ4n) is 2.58. The van der Waals surface area contributed by atoms with E-state index in [-0.39, 0.29) is 11.9 Å². The Kier molecular flexibility index (Phi) is 4.57. The summed E-state index contributed by atoms with van der Waals surface area (Å²) < 4.78 is 5.27. The van der Waals surface area contributed by atoms with Crippen molar-refractivity contribution in [3.05, 3.63) is 66.6 Å². The van der Waals surface area contributed by atoms with E-state index in [9.17, 15) is 9.59 Å². The Morgan fingerprint density at radius 2 is 1.81 bits per heavy atom. The molecule has 3 N–H and O–H groups in total. The van der Waals surface area contributed by atoms with E-state index in [1.807, 2.05) is 12.1 Å². The average molecular weight is 362 g/mol. The highest BCUT2D eigenvalue weighted by Gasteiger charge is 2.23. The number of oxazole rings is 1. The largest absolute Gasteiger partial charge is 0.445 e. The minimum atomic E-state index is -0.242. The van der Waals surface area contributed by atoms with Gasteiger partial charge < -0.3 is 20.4 Å². The third-order valence-corrected chi connectivity index (χ3v) is 4.12. The van der Waals surface area contributed by atoms with Crippen LogP contribution in [-0.2, 0) is 0 Å². The number of amides is 3. The molecule has 27 heavy (non-hydrogen) atoms. The minimum absolute atomic E-state index is 0.224. The molecular formula is C20H18N4O3. The smallest absolute Gasteiger partial charge is 0.319 e. The Bertz CT molecular complexity index is 948. The zero-order valence-corrected chi connectivity index (χ0v) is 14.4. The maximum Gasteiger partial charge on any atom is 0.319 e. The Hall–Kier alpha value is -3.61. The number of hydrogen-bond donors (Lipinski definition) is 3. The lowest BCUT2D eigenvalue weighted by molar-refractivity contribution is 0.102. The molecule has 3 amide bonds. The van der Waals surface area contributed by atoms with Crippen LogP contribution < -0.4 is 16.0 Å². The molecule has 1 fully saturated rings. The molecule has 0 atom stereocenters. The summed E-state index contributed by atoms with van der Waals surface area (Å²) in [6.45, 7) is 0. The van der Waals surface area contributed by atoms with E-state index < -0.39 is 0 Å². The van der Waals surface area contributed by atoms with Gasteiger partial charge in [0.2, 0.25) is 5.89 Å². The van der Waals surface area contributed by atoms with Crippen LogP contribution in [0, 0.1) is 0 Å². The van der Waals surface area contributed by atoms with Gasteiger partial charge in [-0.2, -0.15) is 0 Å². The lowest BCUT2D eigenvalue weighted by Gasteiger charge is -2.09. The SMILES string of the molecule is O=C(Nc1ccc(C(=O)Nc2cccc(-c3ncco3)c2)cc1)NC1CC1. The van der Waals surface area contributed by atoms with Crippen LogP contribution in [0.25, 0.3) is 11.5 Å². The molecule has 3 aromatic rings. The zero-order valence-electron chi connectivity index (χ0n) is 14.4. The van der Waals surface area contributed by atoms with Crippen LogP contribution in [-0.4, -0.2) is 23.0 Å². The van der Waals surface area contributed by atoms with E-state index in [4.69, 9.17) is 4.42 Å². The van der Waals surface area contributed by atoms with Crippen LogP contribution in [0.4, 0.5) is 16.2 Å². The fraction of sp³-hybridized carbons (Fsp3) is 0.150. The molecule has 136 valence electrons. The Labute approximate surface area is 155 Å². The standard InChI is InChI=1S/C20H18N4O3/c25-18(22-17-3-1-2-14(12-17)19-21-10-11-27-19)13-4-6-15(7-5-13)23-20(26)24-16-8-9-16/h1-7,10-12,16H,8-9H2,(H,22,25)(H2,23,24,26). The van der Waals surface area contributed by atoms with Gasteiger partial charge in [0.1, 0.15) is 6.26 Å². The van der Waals surface area contributed by atoms with Crippen LogP contribution in [0.1, 0.15) is 23.2 Å². The number of anilines is 2. The van der Waals surface area contributed by atoms with Crippen molar-refractivity contribution in [3.8, 4) is 11.5 Å². The molecule has 1 saturated carbocycles. The second-order valence-corrected chi connectivity index (χ2v) is 6.32. The number of aromatic nitrogens is 1. The molecule has 0 unspecified atom stereocenters. The summed E-state index contributed by atoms with van der Waals surface area (Å²) in [4.78, 5) is 28.3. The van der Waals surface area contributed by atoms with Crippen LogP contribution in [0.15, 0.2) is 65.4 Å². The summed E-state index contributed by atoms with van der Waals surface area (Å²) in [5.74, 6) is 0.250. The summed E-state index contributed by atoms with van der Waals surface area (Å²) in [7, 11) is 0. The van der Waals surface area contributed by atoms with E-state index in [2.05, 4.69) is 20.9 Å². The molecule has 4 rings (SSSR count). The molecule has 0 aliphatic heterocycles. The molecule has 0 spiro atoms. The monoisotopic (exact) mass is 362 g/mol. The van der Waals surface area contributed by atoms with Gasteiger partial charge in [-0.3, -0.25) is 4.79 Å². The number of carbonyl (C=O) groups excluding carboxylic acids is 2. The second-order valence-electron chi connectivity index (χ2n) is 6.32. The first kappa shape index (κ1) is 16.8. The van der Waals surface area contributed by atoms with Gasteiger partial charge in [-0.15, -0.1) is 0 Å². The first-order valence-electron chi connectivity index (χ1n) is 8.66. The van der Waals surface area contributed by atoms with Crippen molar-refractivity contribution < 1.29 is 14.0 Å². The number of nitrogens with one attached hydrogen (secondary N) is 3.